The second-order valence-electron chi connectivity index (χ2n) is 8.64. The van der Waals surface area contributed by atoms with Crippen LogP contribution in [0, 0.1) is 17.8 Å². The molecule has 0 unspecified atom stereocenters. The number of rotatable bonds is 4. The smallest absolute Gasteiger partial charge is 0.253 e. The lowest BCUT2D eigenvalue weighted by molar-refractivity contribution is 0.0357. The van der Waals surface area contributed by atoms with Crippen molar-refractivity contribution in [2.45, 2.75) is 45.3 Å². The third-order valence-electron chi connectivity index (χ3n) is 6.15. The fourth-order valence-corrected chi connectivity index (χ4v) is 4.80. The molecular formula is C22H29N3O2. The maximum absolute atomic E-state index is 13.0. The van der Waals surface area contributed by atoms with Gasteiger partial charge in [-0.2, -0.15) is 0 Å². The van der Waals surface area contributed by atoms with Gasteiger partial charge in [-0.05, 0) is 54.7 Å². The summed E-state index contributed by atoms with van der Waals surface area (Å²) in [6.45, 7) is 5.95. The summed E-state index contributed by atoms with van der Waals surface area (Å²) in [6.07, 6.45) is 7.78. The third kappa shape index (κ3) is 3.79. The molecule has 2 fully saturated rings. The van der Waals surface area contributed by atoms with E-state index in [9.17, 15) is 9.90 Å². The highest BCUT2D eigenvalue weighted by Crippen LogP contribution is 2.41. The van der Waals surface area contributed by atoms with Crippen molar-refractivity contribution in [3.8, 4) is 0 Å². The van der Waals surface area contributed by atoms with Crippen LogP contribution in [0.25, 0.3) is 0 Å². The van der Waals surface area contributed by atoms with Crippen molar-refractivity contribution in [1.29, 1.82) is 0 Å². The summed E-state index contributed by atoms with van der Waals surface area (Å²) in [6, 6.07) is 8.15. The van der Waals surface area contributed by atoms with Gasteiger partial charge in [0.15, 0.2) is 0 Å². The van der Waals surface area contributed by atoms with Crippen molar-refractivity contribution in [2.24, 2.45) is 17.8 Å². The Kier molecular flexibility index (Phi) is 5.04. The zero-order chi connectivity index (χ0) is 19.0. The Bertz CT molecular complexity index is 769. The minimum atomic E-state index is -0.370. The molecule has 1 saturated carbocycles. The Morgan fingerprint density at radius 2 is 1.89 bits per heavy atom. The molecule has 27 heavy (non-hydrogen) atoms. The van der Waals surface area contributed by atoms with E-state index in [0.29, 0.717) is 17.8 Å². The van der Waals surface area contributed by atoms with Crippen LogP contribution in [0.4, 0.5) is 0 Å². The Labute approximate surface area is 161 Å². The summed E-state index contributed by atoms with van der Waals surface area (Å²) < 4.78 is 2.01. The predicted octanol–water partition coefficient (Wildman–Crippen LogP) is 3.17. The molecule has 1 aromatic heterocycles. The fourth-order valence-electron chi connectivity index (χ4n) is 4.80. The van der Waals surface area contributed by atoms with Crippen molar-refractivity contribution < 1.29 is 9.90 Å². The van der Waals surface area contributed by atoms with Gasteiger partial charge >= 0.3 is 0 Å². The largest absolute Gasteiger partial charge is 0.391 e. The van der Waals surface area contributed by atoms with E-state index >= 15 is 0 Å². The fraction of sp³-hybridized carbons (Fsp3) is 0.545. The summed E-state index contributed by atoms with van der Waals surface area (Å²) in [5.74, 6) is 1.58. The minimum Gasteiger partial charge on any atom is -0.391 e. The number of imidazole rings is 1. The van der Waals surface area contributed by atoms with E-state index < -0.39 is 0 Å². The first-order chi connectivity index (χ1) is 13.0. The molecule has 4 atom stereocenters. The van der Waals surface area contributed by atoms with Crippen LogP contribution in [-0.2, 0) is 6.42 Å². The highest BCUT2D eigenvalue weighted by atomic mass is 16.3. The number of carbonyl (C=O) groups excluding carboxylic acids is 1. The zero-order valence-electron chi connectivity index (χ0n) is 16.2. The molecule has 2 aromatic rings. The van der Waals surface area contributed by atoms with Crippen molar-refractivity contribution in [2.75, 3.05) is 13.1 Å². The van der Waals surface area contributed by atoms with Crippen LogP contribution in [0.3, 0.4) is 0 Å². The van der Waals surface area contributed by atoms with E-state index in [4.69, 9.17) is 0 Å². The van der Waals surface area contributed by atoms with E-state index in [1.807, 2.05) is 27.8 Å². The summed E-state index contributed by atoms with van der Waals surface area (Å²) in [5, 5.41) is 10.6. The molecule has 5 heteroatoms. The van der Waals surface area contributed by atoms with Crippen LogP contribution in [0.5, 0.6) is 0 Å². The highest BCUT2D eigenvalue weighted by Gasteiger charge is 2.43. The highest BCUT2D eigenvalue weighted by molar-refractivity contribution is 5.94. The standard InChI is InChI=1S/C22H29N3O2/c1-15(2)9-16-3-5-17(6-4-16)22(27)25-12-18-10-20(24-8-7-23-14-24)21(26)11-19(18)13-25/h3-8,14-15,18-21,26H,9-13H2,1-2H3/t18-,19+,20-,21-/m1/s1. The lowest BCUT2D eigenvalue weighted by Crippen LogP contribution is -2.35. The molecule has 0 bridgehead atoms. The number of carbonyl (C=O) groups is 1. The molecule has 1 aromatic carbocycles. The van der Waals surface area contributed by atoms with Crippen molar-refractivity contribution in [3.63, 3.8) is 0 Å². The predicted molar refractivity (Wildman–Crippen MR) is 104 cm³/mol. The molecule has 1 amide bonds. The Balaban J connectivity index is 1.42. The first-order valence-electron chi connectivity index (χ1n) is 10.0. The first kappa shape index (κ1) is 18.2. The van der Waals surface area contributed by atoms with Gasteiger partial charge in [0.2, 0.25) is 0 Å². The van der Waals surface area contributed by atoms with E-state index in [0.717, 1.165) is 37.9 Å². The van der Waals surface area contributed by atoms with Crippen molar-refractivity contribution in [1.82, 2.24) is 14.5 Å². The van der Waals surface area contributed by atoms with E-state index in [1.54, 1.807) is 12.5 Å². The number of amides is 1. The Hall–Kier alpha value is -2.14. The molecule has 144 valence electrons. The van der Waals surface area contributed by atoms with Crippen LogP contribution >= 0.6 is 0 Å². The van der Waals surface area contributed by atoms with Gasteiger partial charge in [-0.25, -0.2) is 4.98 Å². The molecule has 2 heterocycles. The number of benzene rings is 1. The Morgan fingerprint density at radius 1 is 1.19 bits per heavy atom. The van der Waals surface area contributed by atoms with Crippen molar-refractivity contribution in [3.05, 3.63) is 54.1 Å². The van der Waals surface area contributed by atoms with Gasteiger partial charge in [-0.1, -0.05) is 26.0 Å². The van der Waals surface area contributed by atoms with Crippen molar-refractivity contribution >= 4 is 5.91 Å². The maximum atomic E-state index is 13.0. The molecule has 1 saturated heterocycles. The average molecular weight is 367 g/mol. The average Bonchev–Trinajstić information content (AvgIpc) is 3.30. The topological polar surface area (TPSA) is 58.4 Å². The number of likely N-dealkylation sites (tertiary alicyclic amines) is 1. The second-order valence-corrected chi connectivity index (χ2v) is 8.64. The van der Waals surface area contributed by atoms with E-state index in [-0.39, 0.29) is 18.1 Å². The van der Waals surface area contributed by atoms with Crippen LogP contribution in [0.1, 0.15) is 48.7 Å². The van der Waals surface area contributed by atoms with Crippen LogP contribution in [0.15, 0.2) is 43.0 Å². The second kappa shape index (κ2) is 7.47. The van der Waals surface area contributed by atoms with Gasteiger partial charge in [0, 0.05) is 31.0 Å². The summed E-state index contributed by atoms with van der Waals surface area (Å²) in [4.78, 5) is 19.1. The summed E-state index contributed by atoms with van der Waals surface area (Å²) in [7, 11) is 0. The third-order valence-corrected chi connectivity index (χ3v) is 6.15. The van der Waals surface area contributed by atoms with Crippen LogP contribution in [-0.4, -0.2) is 44.7 Å². The molecule has 1 aliphatic carbocycles. The molecule has 1 N–H and O–H groups in total. The van der Waals surface area contributed by atoms with Crippen LogP contribution < -0.4 is 0 Å². The Morgan fingerprint density at radius 3 is 2.52 bits per heavy atom. The monoisotopic (exact) mass is 367 g/mol. The number of aromatic nitrogens is 2. The zero-order valence-corrected chi connectivity index (χ0v) is 16.2. The lowest BCUT2D eigenvalue weighted by Gasteiger charge is -2.35. The van der Waals surface area contributed by atoms with Gasteiger partial charge in [-0.3, -0.25) is 4.79 Å². The number of aliphatic hydroxyl groups is 1. The van der Waals surface area contributed by atoms with Gasteiger partial charge in [-0.15, -0.1) is 0 Å². The molecular weight excluding hydrogens is 338 g/mol. The number of hydrogen-bond donors (Lipinski definition) is 1. The lowest BCUT2D eigenvalue weighted by atomic mass is 9.77. The first-order valence-corrected chi connectivity index (χ1v) is 10.0. The molecule has 0 radical (unpaired) electrons. The minimum absolute atomic E-state index is 0.0686. The van der Waals surface area contributed by atoms with Gasteiger partial charge in [0.25, 0.3) is 5.91 Å². The number of hydrogen-bond acceptors (Lipinski definition) is 3. The van der Waals surface area contributed by atoms with Gasteiger partial charge < -0.3 is 14.6 Å². The summed E-state index contributed by atoms with van der Waals surface area (Å²) >= 11 is 0. The number of aliphatic hydroxyl groups excluding tert-OH is 1. The van der Waals surface area contributed by atoms with Gasteiger partial charge in [0.1, 0.15) is 0 Å². The summed E-state index contributed by atoms with van der Waals surface area (Å²) in [5.41, 5.74) is 2.05. The van der Waals surface area contributed by atoms with E-state index in [1.165, 1.54) is 5.56 Å². The van der Waals surface area contributed by atoms with Crippen LogP contribution in [0.2, 0.25) is 0 Å². The molecule has 1 aliphatic heterocycles. The quantitative estimate of drug-likeness (QED) is 0.903. The SMILES string of the molecule is CC(C)Cc1ccc(C(=O)N2C[C@H]3C[C@@H](n4ccnc4)[C@H](O)C[C@H]3C2)cc1. The molecule has 4 rings (SSSR count). The maximum Gasteiger partial charge on any atom is 0.253 e. The normalized spacial score (nSPS) is 27.8. The number of nitrogens with zero attached hydrogens (tertiary/aromatic N) is 3. The number of fused-ring (bicyclic) bond motifs is 1. The molecule has 5 nitrogen and oxygen atoms in total. The molecule has 2 aliphatic rings. The molecule has 0 spiro atoms. The van der Waals surface area contributed by atoms with E-state index in [2.05, 4.69) is 31.0 Å². The van der Waals surface area contributed by atoms with Gasteiger partial charge in [0.05, 0.1) is 18.5 Å².